The van der Waals surface area contributed by atoms with Crippen molar-refractivity contribution in [1.29, 1.82) is 0 Å². The van der Waals surface area contributed by atoms with Crippen molar-refractivity contribution < 1.29 is 0 Å². The van der Waals surface area contributed by atoms with Gasteiger partial charge in [-0.2, -0.15) is 0 Å². The molecule has 15 aromatic rings. The van der Waals surface area contributed by atoms with E-state index in [-0.39, 0.29) is 0 Å². The number of para-hydroxylation sites is 2. The van der Waals surface area contributed by atoms with Crippen molar-refractivity contribution >= 4 is 153 Å². The van der Waals surface area contributed by atoms with Crippen LogP contribution >= 0.6 is 0 Å². The fourth-order valence-corrected chi connectivity index (χ4v) is 13.4. The smallest absolute Gasteiger partial charge is 0.0545 e. The van der Waals surface area contributed by atoms with Crippen LogP contribution < -0.4 is 0 Å². The molecule has 346 valence electrons. The monoisotopic (exact) mass is 942 g/mol. The molecule has 0 atom stereocenters. The minimum Gasteiger partial charge on any atom is -0.313 e. The molecule has 4 nitrogen and oxygen atoms in total. The quantitative estimate of drug-likeness (QED) is 0.168. The van der Waals surface area contributed by atoms with Crippen molar-refractivity contribution in [3.63, 3.8) is 0 Å². The number of aromatic nitrogens is 4. The van der Waals surface area contributed by atoms with E-state index in [0.29, 0.717) is 0 Å². The third-order valence-corrected chi connectivity index (χ3v) is 16.8. The Labute approximate surface area is 425 Å². The zero-order chi connectivity index (χ0) is 48.2. The molecule has 11 aromatic carbocycles. The van der Waals surface area contributed by atoms with Gasteiger partial charge < -0.3 is 18.3 Å². The second-order valence-electron chi connectivity index (χ2n) is 20.8. The van der Waals surface area contributed by atoms with Gasteiger partial charge in [0.1, 0.15) is 0 Å². The zero-order valence-electron chi connectivity index (χ0n) is 40.6. The van der Waals surface area contributed by atoms with Crippen molar-refractivity contribution in [2.75, 3.05) is 0 Å². The largest absolute Gasteiger partial charge is 0.313 e. The second-order valence-corrected chi connectivity index (χ2v) is 20.8. The number of allylic oxidation sites excluding steroid dienone is 8. The van der Waals surface area contributed by atoms with E-state index < -0.39 is 0 Å². The number of benzene rings is 11. The molecule has 0 amide bonds. The number of fused-ring (bicyclic) bond motifs is 16. The van der Waals surface area contributed by atoms with Crippen LogP contribution in [0.15, 0.2) is 231 Å². The molecule has 2 aliphatic rings. The van der Waals surface area contributed by atoms with E-state index in [1.807, 2.05) is 0 Å². The maximum absolute atomic E-state index is 2.56. The van der Waals surface area contributed by atoms with Gasteiger partial charge in [0, 0.05) is 65.9 Å². The number of hydrogen-bond acceptors (Lipinski definition) is 0. The van der Waals surface area contributed by atoms with E-state index in [4.69, 9.17) is 0 Å². The fourth-order valence-electron chi connectivity index (χ4n) is 13.4. The lowest BCUT2D eigenvalue weighted by molar-refractivity contribution is 0.945. The summed E-state index contributed by atoms with van der Waals surface area (Å²) >= 11 is 0. The van der Waals surface area contributed by atoms with Crippen LogP contribution in [0.5, 0.6) is 0 Å². The Morgan fingerprint density at radius 1 is 0.189 bits per heavy atom. The lowest BCUT2D eigenvalue weighted by atomic mass is 10.0. The van der Waals surface area contributed by atoms with Crippen LogP contribution in [0.4, 0.5) is 0 Å². The summed E-state index contributed by atoms with van der Waals surface area (Å²) < 4.78 is 10.2. The Hall–Kier alpha value is -9.38. The summed E-state index contributed by atoms with van der Waals surface area (Å²) in [6.07, 6.45) is 13.3. The molecule has 0 saturated carbocycles. The molecule has 0 bridgehead atoms. The molecule has 0 spiro atoms. The SMILES string of the molecule is C1=C(n2c3cc4ccccc4cc3c3cc4ccccc4cc32)CCC(n2c3ccccc3c3cc4c(cc32)c2ccccc2n4C2=CC=C(n3c4cc5ccccc5cc4c4cc5ccccc5cc43)CC2)=C1. The van der Waals surface area contributed by atoms with Crippen LogP contribution in [0.25, 0.3) is 153 Å². The van der Waals surface area contributed by atoms with Gasteiger partial charge in [-0.1, -0.05) is 133 Å². The summed E-state index contributed by atoms with van der Waals surface area (Å²) in [7, 11) is 0. The lowest BCUT2D eigenvalue weighted by Crippen LogP contribution is -2.05. The normalized spacial score (nSPS) is 14.6. The van der Waals surface area contributed by atoms with Crippen molar-refractivity contribution in [3.8, 4) is 0 Å². The topological polar surface area (TPSA) is 19.7 Å². The molecular formula is C70H46N4. The van der Waals surface area contributed by atoms with Gasteiger partial charge in [-0.3, -0.25) is 0 Å². The minimum atomic E-state index is 0.918. The predicted octanol–water partition coefficient (Wildman–Crippen LogP) is 19.1. The average Bonchev–Trinajstić information content (AvgIpc) is 4.16. The average molecular weight is 943 g/mol. The van der Waals surface area contributed by atoms with Crippen LogP contribution in [0.1, 0.15) is 25.7 Å². The Bertz CT molecular complexity index is 4620. The summed E-state index contributed by atoms with van der Waals surface area (Å²) in [5.41, 5.74) is 15.4. The first-order chi connectivity index (χ1) is 36.7. The highest BCUT2D eigenvalue weighted by Crippen LogP contribution is 2.45. The number of hydrogen-bond donors (Lipinski definition) is 0. The fraction of sp³-hybridized carbons (Fsp3) is 0.0571. The Balaban J connectivity index is 0.825. The van der Waals surface area contributed by atoms with Crippen LogP contribution in [-0.4, -0.2) is 18.3 Å². The van der Waals surface area contributed by atoms with Crippen LogP contribution in [0.2, 0.25) is 0 Å². The van der Waals surface area contributed by atoms with Gasteiger partial charge in [-0.15, -0.1) is 0 Å². The molecule has 0 unspecified atom stereocenters. The predicted molar refractivity (Wildman–Crippen MR) is 317 cm³/mol. The Morgan fingerprint density at radius 3 is 0.689 bits per heavy atom. The van der Waals surface area contributed by atoms with Gasteiger partial charge in [0.2, 0.25) is 0 Å². The number of nitrogens with zero attached hydrogens (tertiary/aromatic N) is 4. The first kappa shape index (κ1) is 40.2. The first-order valence-corrected chi connectivity index (χ1v) is 26.2. The molecule has 2 aliphatic carbocycles. The summed E-state index contributed by atoms with van der Waals surface area (Å²) in [6.45, 7) is 0. The summed E-state index contributed by atoms with van der Waals surface area (Å²) in [6, 6.07) is 77.3. The van der Waals surface area contributed by atoms with E-state index in [1.165, 1.54) is 153 Å². The van der Waals surface area contributed by atoms with E-state index in [2.05, 4.69) is 249 Å². The van der Waals surface area contributed by atoms with Crippen LogP contribution in [-0.2, 0) is 0 Å². The maximum atomic E-state index is 2.56. The molecule has 0 saturated heterocycles. The Kier molecular flexibility index (Phi) is 8.20. The first-order valence-electron chi connectivity index (χ1n) is 26.2. The van der Waals surface area contributed by atoms with E-state index in [0.717, 1.165) is 25.7 Å². The van der Waals surface area contributed by atoms with Gasteiger partial charge in [0.15, 0.2) is 0 Å². The third-order valence-electron chi connectivity index (χ3n) is 16.8. The minimum absolute atomic E-state index is 0.918. The van der Waals surface area contributed by atoms with Gasteiger partial charge in [0.05, 0.1) is 44.1 Å². The van der Waals surface area contributed by atoms with Crippen molar-refractivity contribution in [1.82, 2.24) is 18.3 Å². The van der Waals surface area contributed by atoms with Gasteiger partial charge in [0.25, 0.3) is 0 Å². The molecule has 0 aliphatic heterocycles. The molecule has 4 heteroatoms. The highest BCUT2D eigenvalue weighted by atomic mass is 15.0. The molecular weight excluding hydrogens is 897 g/mol. The van der Waals surface area contributed by atoms with E-state index >= 15 is 0 Å². The standard InChI is InChI=1S/C70H46N4/c1-5-17-47-37-65-57(33-43(47)13-1)58-34-44-14-2-6-18-48(44)38-66(58)73(65)53-29-25-51(26-30-53)71-63-23-11-9-21-55(63)61-42-70-62(41-69(61)71)56-22-10-12-24-64(56)72(70)52-27-31-54(32-28-52)74-67-39-49-19-7-3-15-45(49)35-59(67)60-36-46-16-4-8-20-50(46)40-68(60)74/h1-25,27,29,31,33-42H,26,28,30,32H2. The molecule has 0 fully saturated rings. The highest BCUT2D eigenvalue weighted by Gasteiger charge is 2.24. The third kappa shape index (κ3) is 5.68. The van der Waals surface area contributed by atoms with Crippen LogP contribution in [0, 0.1) is 0 Å². The number of rotatable bonds is 4. The van der Waals surface area contributed by atoms with Gasteiger partial charge in [-0.25, -0.2) is 0 Å². The van der Waals surface area contributed by atoms with Crippen molar-refractivity contribution in [2.24, 2.45) is 0 Å². The van der Waals surface area contributed by atoms with Crippen molar-refractivity contribution in [3.05, 3.63) is 231 Å². The van der Waals surface area contributed by atoms with E-state index in [9.17, 15) is 0 Å². The van der Waals surface area contributed by atoms with Crippen LogP contribution in [0.3, 0.4) is 0 Å². The zero-order valence-corrected chi connectivity index (χ0v) is 40.6. The summed E-state index contributed by atoms with van der Waals surface area (Å²) in [5, 5.41) is 20.5. The summed E-state index contributed by atoms with van der Waals surface area (Å²) in [5.74, 6) is 0. The lowest BCUT2D eigenvalue weighted by Gasteiger charge is -2.20. The van der Waals surface area contributed by atoms with E-state index in [1.54, 1.807) is 0 Å². The second kappa shape index (κ2) is 15.1. The summed E-state index contributed by atoms with van der Waals surface area (Å²) in [4.78, 5) is 0. The van der Waals surface area contributed by atoms with Crippen molar-refractivity contribution in [2.45, 2.75) is 25.7 Å². The molecule has 0 radical (unpaired) electrons. The van der Waals surface area contributed by atoms with Gasteiger partial charge in [-0.05, 0) is 166 Å². The molecule has 4 heterocycles. The molecule has 0 N–H and O–H groups in total. The maximum Gasteiger partial charge on any atom is 0.0545 e. The van der Waals surface area contributed by atoms with Gasteiger partial charge >= 0.3 is 0 Å². The molecule has 17 rings (SSSR count). The Morgan fingerprint density at radius 2 is 0.405 bits per heavy atom. The molecule has 4 aromatic heterocycles. The highest BCUT2D eigenvalue weighted by molar-refractivity contribution is 6.22. The molecule has 74 heavy (non-hydrogen) atoms.